The van der Waals surface area contributed by atoms with Crippen molar-refractivity contribution in [1.82, 2.24) is 9.78 Å². The summed E-state index contributed by atoms with van der Waals surface area (Å²) in [4.78, 5) is 23.3. The van der Waals surface area contributed by atoms with Gasteiger partial charge in [0.15, 0.2) is 3.95 Å². The third-order valence-electron chi connectivity index (χ3n) is 1.97. The highest BCUT2D eigenvalue weighted by Gasteiger charge is 2.21. The second kappa shape index (κ2) is 5.19. The lowest BCUT2D eigenvalue weighted by Gasteiger charge is -2.02. The van der Waals surface area contributed by atoms with Gasteiger partial charge in [-0.15, -0.1) is 0 Å². The zero-order chi connectivity index (χ0) is 13.1. The SMILES string of the molecule is Cc1nn(C(=O)C(=O)Oc2ccccc2)c(=S)s1. The van der Waals surface area contributed by atoms with Crippen molar-refractivity contribution in [3.63, 3.8) is 0 Å². The fourth-order valence-electron chi connectivity index (χ4n) is 1.23. The van der Waals surface area contributed by atoms with Gasteiger partial charge in [0.05, 0.1) is 0 Å². The van der Waals surface area contributed by atoms with E-state index in [9.17, 15) is 9.59 Å². The minimum atomic E-state index is -1.01. The second-order valence-corrected chi connectivity index (χ2v) is 5.13. The molecule has 18 heavy (non-hydrogen) atoms. The zero-order valence-corrected chi connectivity index (χ0v) is 11.0. The quantitative estimate of drug-likeness (QED) is 0.347. The summed E-state index contributed by atoms with van der Waals surface area (Å²) >= 11 is 6.08. The van der Waals surface area contributed by atoms with Crippen LogP contribution in [0.15, 0.2) is 30.3 Å². The summed E-state index contributed by atoms with van der Waals surface area (Å²) in [7, 11) is 0. The molecule has 0 fully saturated rings. The van der Waals surface area contributed by atoms with E-state index in [1.165, 1.54) is 0 Å². The van der Waals surface area contributed by atoms with Crippen molar-refractivity contribution in [2.24, 2.45) is 0 Å². The highest BCUT2D eigenvalue weighted by atomic mass is 32.1. The predicted molar refractivity (Wildman–Crippen MR) is 68.4 cm³/mol. The Morgan fingerprint density at radius 3 is 2.56 bits per heavy atom. The Labute approximate surface area is 112 Å². The van der Waals surface area contributed by atoms with Gasteiger partial charge in [-0.2, -0.15) is 9.78 Å². The molecule has 1 aromatic carbocycles. The van der Waals surface area contributed by atoms with Gasteiger partial charge in [0.2, 0.25) is 0 Å². The molecule has 0 bridgehead atoms. The van der Waals surface area contributed by atoms with Gasteiger partial charge in [0.1, 0.15) is 10.8 Å². The molecule has 0 saturated carbocycles. The molecule has 0 N–H and O–H groups in total. The molecule has 5 nitrogen and oxygen atoms in total. The van der Waals surface area contributed by atoms with Crippen molar-refractivity contribution >= 4 is 35.4 Å². The van der Waals surface area contributed by atoms with E-state index in [1.54, 1.807) is 37.3 Å². The Kier molecular flexibility index (Phi) is 3.63. The van der Waals surface area contributed by atoms with Crippen LogP contribution in [0.2, 0.25) is 0 Å². The molecule has 0 aliphatic carbocycles. The first-order chi connectivity index (χ1) is 8.58. The van der Waals surface area contributed by atoms with Gasteiger partial charge in [-0.25, -0.2) is 4.79 Å². The lowest BCUT2D eigenvalue weighted by atomic mass is 10.3. The Morgan fingerprint density at radius 1 is 1.33 bits per heavy atom. The molecule has 1 aromatic heterocycles. The third-order valence-corrected chi connectivity index (χ3v) is 3.12. The minimum absolute atomic E-state index is 0.225. The van der Waals surface area contributed by atoms with Crippen LogP contribution in [-0.4, -0.2) is 21.7 Å². The van der Waals surface area contributed by atoms with Crippen LogP contribution >= 0.6 is 23.6 Å². The van der Waals surface area contributed by atoms with Crippen molar-refractivity contribution in [2.75, 3.05) is 0 Å². The van der Waals surface area contributed by atoms with E-state index in [0.29, 0.717) is 10.8 Å². The molecule has 0 amide bonds. The summed E-state index contributed by atoms with van der Waals surface area (Å²) < 4.78 is 6.00. The molecular weight excluding hydrogens is 272 g/mol. The van der Waals surface area contributed by atoms with Crippen LogP contribution in [-0.2, 0) is 4.79 Å². The fourth-order valence-corrected chi connectivity index (χ4v) is 2.30. The second-order valence-electron chi connectivity index (χ2n) is 3.31. The van der Waals surface area contributed by atoms with E-state index < -0.39 is 11.9 Å². The van der Waals surface area contributed by atoms with Gasteiger partial charge in [-0.3, -0.25) is 4.79 Å². The highest BCUT2D eigenvalue weighted by Crippen LogP contribution is 2.10. The average molecular weight is 280 g/mol. The van der Waals surface area contributed by atoms with Gasteiger partial charge < -0.3 is 4.74 Å². The van der Waals surface area contributed by atoms with E-state index in [-0.39, 0.29) is 3.95 Å². The molecule has 2 aromatic rings. The average Bonchev–Trinajstić information content (AvgIpc) is 2.68. The molecule has 1 heterocycles. The molecule has 92 valence electrons. The molecule has 0 aliphatic rings. The number of carbonyl (C=O) groups is 2. The molecular formula is C11H8N2O3S2. The number of aryl methyl sites for hydroxylation is 1. The summed E-state index contributed by atoms with van der Waals surface area (Å²) in [6.45, 7) is 1.70. The van der Waals surface area contributed by atoms with Gasteiger partial charge in [0.25, 0.3) is 0 Å². The monoisotopic (exact) mass is 280 g/mol. The van der Waals surface area contributed by atoms with Gasteiger partial charge >= 0.3 is 11.9 Å². The number of esters is 1. The summed E-state index contributed by atoms with van der Waals surface area (Å²) in [6.07, 6.45) is 0. The predicted octanol–water partition coefficient (Wildman–Crippen LogP) is 2.23. The number of aromatic nitrogens is 2. The van der Waals surface area contributed by atoms with E-state index in [2.05, 4.69) is 5.10 Å². The van der Waals surface area contributed by atoms with Crippen molar-refractivity contribution in [1.29, 1.82) is 0 Å². The smallest absolute Gasteiger partial charge is 0.404 e. The van der Waals surface area contributed by atoms with Crippen molar-refractivity contribution in [3.8, 4) is 5.75 Å². The van der Waals surface area contributed by atoms with Crippen LogP contribution in [0.1, 0.15) is 9.80 Å². The molecule has 7 heteroatoms. The molecule has 0 atom stereocenters. The largest absolute Gasteiger partial charge is 0.419 e. The third kappa shape index (κ3) is 2.69. The number of nitrogens with zero attached hydrogens (tertiary/aromatic N) is 2. The normalized spacial score (nSPS) is 10.1. The van der Waals surface area contributed by atoms with E-state index in [4.69, 9.17) is 17.0 Å². The first-order valence-corrected chi connectivity index (χ1v) is 6.19. The Hall–Kier alpha value is -1.86. The summed E-state index contributed by atoms with van der Waals surface area (Å²) in [6, 6.07) is 8.34. The lowest BCUT2D eigenvalue weighted by Crippen LogP contribution is -2.27. The lowest BCUT2D eigenvalue weighted by molar-refractivity contribution is -0.130. The molecule has 0 unspecified atom stereocenters. The van der Waals surface area contributed by atoms with E-state index in [0.717, 1.165) is 16.0 Å². The van der Waals surface area contributed by atoms with Crippen LogP contribution in [0, 0.1) is 10.9 Å². The summed E-state index contributed by atoms with van der Waals surface area (Å²) in [5.41, 5.74) is 0. The fraction of sp³-hybridized carbons (Fsp3) is 0.0909. The van der Waals surface area contributed by atoms with Crippen LogP contribution in [0.25, 0.3) is 0 Å². The Bertz CT molecular complexity index is 646. The Balaban J connectivity index is 2.18. The number of benzene rings is 1. The maximum absolute atomic E-state index is 11.7. The van der Waals surface area contributed by atoms with Crippen LogP contribution in [0.4, 0.5) is 0 Å². The van der Waals surface area contributed by atoms with Crippen molar-refractivity contribution < 1.29 is 14.3 Å². The molecule has 2 rings (SSSR count). The number of para-hydroxylation sites is 1. The number of hydrogen-bond acceptors (Lipinski definition) is 6. The van der Waals surface area contributed by atoms with Gasteiger partial charge in [0, 0.05) is 0 Å². The van der Waals surface area contributed by atoms with Gasteiger partial charge in [-0.05, 0) is 31.3 Å². The summed E-state index contributed by atoms with van der Waals surface area (Å²) in [5, 5.41) is 4.47. The first-order valence-electron chi connectivity index (χ1n) is 4.96. The topological polar surface area (TPSA) is 61.2 Å². The zero-order valence-electron chi connectivity index (χ0n) is 9.32. The Morgan fingerprint density at radius 2 is 2.00 bits per heavy atom. The van der Waals surface area contributed by atoms with Crippen LogP contribution in [0.3, 0.4) is 0 Å². The maximum Gasteiger partial charge on any atom is 0.404 e. The molecule has 0 spiro atoms. The minimum Gasteiger partial charge on any atom is -0.419 e. The number of hydrogen-bond donors (Lipinski definition) is 0. The van der Waals surface area contributed by atoms with Crippen molar-refractivity contribution in [2.45, 2.75) is 6.92 Å². The highest BCUT2D eigenvalue weighted by molar-refractivity contribution is 7.73. The maximum atomic E-state index is 11.7. The first kappa shape index (κ1) is 12.6. The van der Waals surface area contributed by atoms with Crippen LogP contribution < -0.4 is 4.74 Å². The molecule has 0 radical (unpaired) electrons. The van der Waals surface area contributed by atoms with E-state index in [1.807, 2.05) is 0 Å². The van der Waals surface area contributed by atoms with Crippen LogP contribution in [0.5, 0.6) is 5.75 Å². The molecule has 0 saturated heterocycles. The number of carbonyl (C=O) groups excluding carboxylic acids is 2. The standard InChI is InChI=1S/C11H8N2O3S2/c1-7-12-13(11(17)18-7)9(14)10(15)16-8-5-3-2-4-6-8/h2-6H,1H3. The van der Waals surface area contributed by atoms with E-state index >= 15 is 0 Å². The van der Waals surface area contributed by atoms with Gasteiger partial charge in [-0.1, -0.05) is 29.5 Å². The number of rotatable bonds is 1. The molecule has 0 aliphatic heterocycles. The summed E-state index contributed by atoms with van der Waals surface area (Å²) in [5.74, 6) is -1.61. The van der Waals surface area contributed by atoms with Crippen molar-refractivity contribution in [3.05, 3.63) is 39.3 Å². The number of ether oxygens (including phenoxy) is 1.